The van der Waals surface area contributed by atoms with E-state index in [1.807, 2.05) is 0 Å². The van der Waals surface area contributed by atoms with Gasteiger partial charge in [0, 0.05) is 5.57 Å². The lowest BCUT2D eigenvalue weighted by Crippen LogP contribution is -2.31. The molecule has 0 bridgehead atoms. The molecule has 2 aliphatic rings. The van der Waals surface area contributed by atoms with Crippen LogP contribution < -0.4 is 0 Å². The van der Waals surface area contributed by atoms with Gasteiger partial charge in [0.1, 0.15) is 5.60 Å². The standard InChI is InChI=1S/C15H17NO/c1-10-15(2,3)17-14(16-10)13-9-8-11-6-4-5-7-12(11)13/h4-7,9-10H,8H2,1-3H3. The van der Waals surface area contributed by atoms with Crippen LogP contribution in [0, 0.1) is 0 Å². The average Bonchev–Trinajstić information content (AvgIpc) is 2.81. The molecule has 3 rings (SSSR count). The van der Waals surface area contributed by atoms with Gasteiger partial charge in [-0.3, -0.25) is 0 Å². The summed E-state index contributed by atoms with van der Waals surface area (Å²) in [6, 6.07) is 8.69. The van der Waals surface area contributed by atoms with Gasteiger partial charge in [-0.2, -0.15) is 0 Å². The highest BCUT2D eigenvalue weighted by molar-refractivity contribution is 6.21. The van der Waals surface area contributed by atoms with Gasteiger partial charge < -0.3 is 4.74 Å². The van der Waals surface area contributed by atoms with Crippen LogP contribution in [0.1, 0.15) is 31.9 Å². The molecule has 2 heteroatoms. The zero-order valence-electron chi connectivity index (χ0n) is 10.5. The normalized spacial score (nSPS) is 25.0. The number of hydrogen-bond acceptors (Lipinski definition) is 2. The molecule has 1 aromatic carbocycles. The molecule has 17 heavy (non-hydrogen) atoms. The quantitative estimate of drug-likeness (QED) is 0.722. The first-order valence-electron chi connectivity index (χ1n) is 6.13. The van der Waals surface area contributed by atoms with Crippen molar-refractivity contribution in [1.29, 1.82) is 0 Å². The minimum absolute atomic E-state index is 0.187. The van der Waals surface area contributed by atoms with Crippen molar-refractivity contribution < 1.29 is 4.74 Å². The summed E-state index contributed by atoms with van der Waals surface area (Å²) in [5.74, 6) is 0.812. The fraction of sp³-hybridized carbons (Fsp3) is 0.400. The van der Waals surface area contributed by atoms with Gasteiger partial charge in [0.15, 0.2) is 0 Å². The lowest BCUT2D eigenvalue weighted by atomic mass is 10.0. The summed E-state index contributed by atoms with van der Waals surface area (Å²) in [7, 11) is 0. The van der Waals surface area contributed by atoms with Crippen molar-refractivity contribution in [2.24, 2.45) is 4.99 Å². The highest BCUT2D eigenvalue weighted by atomic mass is 16.5. The fourth-order valence-electron chi connectivity index (χ4n) is 2.30. The topological polar surface area (TPSA) is 21.6 Å². The Morgan fingerprint density at radius 2 is 2.06 bits per heavy atom. The Kier molecular flexibility index (Phi) is 2.15. The van der Waals surface area contributed by atoms with Gasteiger partial charge in [0.05, 0.1) is 6.04 Å². The van der Waals surface area contributed by atoms with Gasteiger partial charge >= 0.3 is 0 Å². The molecule has 0 amide bonds. The van der Waals surface area contributed by atoms with Crippen molar-refractivity contribution >= 4 is 11.5 Å². The molecule has 1 atom stereocenters. The molecular formula is C15H17NO. The van der Waals surface area contributed by atoms with Gasteiger partial charge in [-0.25, -0.2) is 4.99 Å². The Morgan fingerprint density at radius 1 is 1.29 bits per heavy atom. The van der Waals surface area contributed by atoms with Crippen LogP contribution in [0.4, 0.5) is 0 Å². The Morgan fingerprint density at radius 3 is 2.76 bits per heavy atom. The van der Waals surface area contributed by atoms with E-state index in [1.165, 1.54) is 11.1 Å². The van der Waals surface area contributed by atoms with Gasteiger partial charge in [-0.05, 0) is 38.3 Å². The first-order valence-corrected chi connectivity index (χ1v) is 6.13. The van der Waals surface area contributed by atoms with Crippen molar-refractivity contribution in [3.05, 3.63) is 41.5 Å². The van der Waals surface area contributed by atoms with Gasteiger partial charge in [-0.1, -0.05) is 30.3 Å². The third-order valence-corrected chi connectivity index (χ3v) is 3.74. The maximum Gasteiger partial charge on any atom is 0.217 e. The van der Waals surface area contributed by atoms with E-state index in [2.05, 4.69) is 56.1 Å². The summed E-state index contributed by atoms with van der Waals surface area (Å²) in [5, 5.41) is 0. The van der Waals surface area contributed by atoms with Crippen LogP contribution in [0.3, 0.4) is 0 Å². The van der Waals surface area contributed by atoms with Crippen LogP contribution in [-0.4, -0.2) is 17.5 Å². The number of nitrogens with zero attached hydrogens (tertiary/aromatic N) is 1. The monoisotopic (exact) mass is 227 g/mol. The summed E-state index contributed by atoms with van der Waals surface area (Å²) < 4.78 is 5.98. The van der Waals surface area contributed by atoms with Crippen molar-refractivity contribution in [2.45, 2.75) is 38.8 Å². The van der Waals surface area contributed by atoms with E-state index in [0.29, 0.717) is 0 Å². The Balaban J connectivity index is 1.97. The molecule has 88 valence electrons. The first kappa shape index (κ1) is 10.6. The number of fused-ring (bicyclic) bond motifs is 1. The van der Waals surface area contributed by atoms with E-state index in [9.17, 15) is 0 Å². The Bertz CT molecular complexity index is 525. The summed E-state index contributed by atoms with van der Waals surface area (Å²) in [5.41, 5.74) is 3.62. The SMILES string of the molecule is CC1N=C(C2=CCc3ccccc32)OC1(C)C. The molecule has 2 nitrogen and oxygen atoms in total. The van der Waals surface area contributed by atoms with Crippen LogP contribution in [0.25, 0.3) is 5.57 Å². The lowest BCUT2D eigenvalue weighted by molar-refractivity contribution is 0.104. The van der Waals surface area contributed by atoms with Crippen molar-refractivity contribution in [3.8, 4) is 0 Å². The second kappa shape index (κ2) is 3.46. The van der Waals surface area contributed by atoms with E-state index in [1.54, 1.807) is 0 Å². The number of benzene rings is 1. The number of hydrogen-bond donors (Lipinski definition) is 0. The Hall–Kier alpha value is -1.57. The molecular weight excluding hydrogens is 210 g/mol. The van der Waals surface area contributed by atoms with Gasteiger partial charge in [-0.15, -0.1) is 0 Å². The first-order chi connectivity index (χ1) is 8.08. The predicted octanol–water partition coefficient (Wildman–Crippen LogP) is 3.22. The Labute approximate surface area is 102 Å². The molecule has 0 saturated carbocycles. The van der Waals surface area contributed by atoms with Crippen LogP contribution in [-0.2, 0) is 11.2 Å². The van der Waals surface area contributed by atoms with Crippen molar-refractivity contribution in [2.75, 3.05) is 0 Å². The van der Waals surface area contributed by atoms with E-state index in [4.69, 9.17) is 4.74 Å². The minimum Gasteiger partial charge on any atom is -0.469 e. The molecule has 0 spiro atoms. The van der Waals surface area contributed by atoms with Crippen LogP contribution in [0.2, 0.25) is 0 Å². The minimum atomic E-state index is -0.187. The second-order valence-electron chi connectivity index (χ2n) is 5.29. The molecule has 1 aromatic rings. The zero-order valence-corrected chi connectivity index (χ0v) is 10.5. The summed E-state index contributed by atoms with van der Waals surface area (Å²) in [6.45, 7) is 6.29. The second-order valence-corrected chi connectivity index (χ2v) is 5.29. The molecule has 1 heterocycles. The van der Waals surface area contributed by atoms with Crippen molar-refractivity contribution in [3.63, 3.8) is 0 Å². The van der Waals surface area contributed by atoms with Crippen LogP contribution in [0.5, 0.6) is 0 Å². The van der Waals surface area contributed by atoms with E-state index < -0.39 is 0 Å². The van der Waals surface area contributed by atoms with E-state index in [0.717, 1.165) is 17.9 Å². The maximum absolute atomic E-state index is 5.98. The largest absolute Gasteiger partial charge is 0.469 e. The number of allylic oxidation sites excluding steroid dienone is 1. The third kappa shape index (κ3) is 1.59. The number of aliphatic imine (C=N–C) groups is 1. The molecule has 0 aromatic heterocycles. The maximum atomic E-state index is 5.98. The van der Waals surface area contributed by atoms with Gasteiger partial charge in [0.25, 0.3) is 0 Å². The van der Waals surface area contributed by atoms with E-state index in [-0.39, 0.29) is 11.6 Å². The summed E-state index contributed by atoms with van der Waals surface area (Å²) in [4.78, 5) is 4.65. The van der Waals surface area contributed by atoms with Gasteiger partial charge in [0.2, 0.25) is 5.90 Å². The zero-order chi connectivity index (χ0) is 12.0. The number of ether oxygens (including phenoxy) is 1. The molecule has 0 N–H and O–H groups in total. The lowest BCUT2D eigenvalue weighted by Gasteiger charge is -2.22. The summed E-state index contributed by atoms with van der Waals surface area (Å²) >= 11 is 0. The molecule has 1 aliphatic carbocycles. The van der Waals surface area contributed by atoms with Crippen LogP contribution in [0.15, 0.2) is 35.3 Å². The highest BCUT2D eigenvalue weighted by Gasteiger charge is 2.37. The average molecular weight is 227 g/mol. The summed E-state index contributed by atoms with van der Waals surface area (Å²) in [6.07, 6.45) is 3.21. The molecule has 1 unspecified atom stereocenters. The van der Waals surface area contributed by atoms with E-state index >= 15 is 0 Å². The molecule has 0 radical (unpaired) electrons. The smallest absolute Gasteiger partial charge is 0.217 e. The van der Waals surface area contributed by atoms with Crippen molar-refractivity contribution in [1.82, 2.24) is 0 Å². The predicted molar refractivity (Wildman–Crippen MR) is 70.2 cm³/mol. The number of rotatable bonds is 1. The molecule has 1 aliphatic heterocycles. The molecule has 0 fully saturated rings. The third-order valence-electron chi connectivity index (χ3n) is 3.74. The molecule has 0 saturated heterocycles. The fourth-order valence-corrected chi connectivity index (χ4v) is 2.30. The highest BCUT2D eigenvalue weighted by Crippen LogP contribution is 2.34. The van der Waals surface area contributed by atoms with Crippen LogP contribution >= 0.6 is 0 Å².